The number of hydrogen-bond acceptors (Lipinski definition) is 9. The maximum Gasteiger partial charge on any atom is 0.343 e. The van der Waals surface area contributed by atoms with Crippen LogP contribution in [0.15, 0.2) is 84.9 Å². The summed E-state index contributed by atoms with van der Waals surface area (Å²) in [5.74, 6) is -0.332. The Labute approximate surface area is 264 Å². The molecule has 3 aromatic rings. The lowest BCUT2D eigenvalue weighted by molar-refractivity contribution is -0.144. The second-order valence-corrected chi connectivity index (χ2v) is 10.5. The zero-order valence-electron chi connectivity index (χ0n) is 25.9. The number of esters is 4. The molecular formula is C36H40O9. The summed E-state index contributed by atoms with van der Waals surface area (Å²) in [6.07, 6.45) is 4.97. The van der Waals surface area contributed by atoms with Crippen molar-refractivity contribution in [2.75, 3.05) is 19.8 Å². The van der Waals surface area contributed by atoms with Crippen LogP contribution in [0.25, 0.3) is 0 Å². The van der Waals surface area contributed by atoms with Crippen LogP contribution in [0.1, 0.15) is 78.1 Å². The molecule has 0 aliphatic carbocycles. The number of carbonyl (C=O) groups is 4. The molecule has 9 nitrogen and oxygen atoms in total. The quantitative estimate of drug-likeness (QED) is 0.0633. The molecule has 0 aliphatic heterocycles. The Bertz CT molecular complexity index is 1410. The molecule has 0 spiro atoms. The zero-order chi connectivity index (χ0) is 32.4. The van der Waals surface area contributed by atoms with Gasteiger partial charge in [0.2, 0.25) is 0 Å². The monoisotopic (exact) mass is 616 g/mol. The van der Waals surface area contributed by atoms with Crippen molar-refractivity contribution in [3.8, 4) is 17.2 Å². The minimum Gasteiger partial charge on any atom is -0.494 e. The molecule has 0 aromatic heterocycles. The standard InChI is InChI=1S/C36H40O9/c1-26(2)34(38)43-25-9-6-10-33(37)42-24-8-5-4-7-23-41-30-17-15-29(16-18-30)36(40)45-32-21-19-31(20-22-32)44-35(39)28-13-11-27(3)12-14-28/h11-22H,1,4-10,23-25H2,2-3H3. The molecule has 0 amide bonds. The van der Waals surface area contributed by atoms with E-state index in [9.17, 15) is 19.2 Å². The fourth-order valence-corrected chi connectivity index (χ4v) is 3.95. The van der Waals surface area contributed by atoms with Crippen LogP contribution in [-0.4, -0.2) is 43.7 Å². The Morgan fingerprint density at radius 1 is 0.578 bits per heavy atom. The van der Waals surface area contributed by atoms with Crippen LogP contribution in [0.2, 0.25) is 0 Å². The van der Waals surface area contributed by atoms with E-state index in [-0.39, 0.29) is 12.6 Å². The van der Waals surface area contributed by atoms with E-state index in [0.29, 0.717) is 66.4 Å². The van der Waals surface area contributed by atoms with Crippen molar-refractivity contribution >= 4 is 23.9 Å². The van der Waals surface area contributed by atoms with Crippen LogP contribution in [0.5, 0.6) is 17.2 Å². The van der Waals surface area contributed by atoms with E-state index in [1.165, 1.54) is 0 Å². The lowest BCUT2D eigenvalue weighted by Gasteiger charge is -2.09. The van der Waals surface area contributed by atoms with Crippen LogP contribution >= 0.6 is 0 Å². The SMILES string of the molecule is C=C(C)C(=O)OCCCCC(=O)OCCCCCCOc1ccc(C(=O)Oc2ccc(OC(=O)c3ccc(C)cc3)cc2)cc1. The average Bonchev–Trinajstić information content (AvgIpc) is 3.03. The highest BCUT2D eigenvalue weighted by Crippen LogP contribution is 2.21. The highest BCUT2D eigenvalue weighted by Gasteiger charge is 2.12. The Morgan fingerprint density at radius 2 is 1.04 bits per heavy atom. The predicted octanol–water partition coefficient (Wildman–Crippen LogP) is 7.21. The largest absolute Gasteiger partial charge is 0.494 e. The first-order chi connectivity index (χ1) is 21.7. The third-order valence-electron chi connectivity index (χ3n) is 6.55. The number of benzene rings is 3. The summed E-state index contributed by atoms with van der Waals surface area (Å²) in [6, 6.07) is 20.0. The molecule has 0 bridgehead atoms. The van der Waals surface area contributed by atoms with Gasteiger partial charge in [-0.05, 0) is 113 Å². The highest BCUT2D eigenvalue weighted by atomic mass is 16.5. The Balaban J connectivity index is 1.24. The van der Waals surface area contributed by atoms with Crippen LogP contribution in [0.4, 0.5) is 0 Å². The van der Waals surface area contributed by atoms with Gasteiger partial charge in [0.15, 0.2) is 0 Å². The first-order valence-electron chi connectivity index (χ1n) is 15.0. The minimum absolute atomic E-state index is 0.244. The first kappa shape index (κ1) is 34.6. The number of aryl methyl sites for hydroxylation is 1. The van der Waals surface area contributed by atoms with Crippen molar-refractivity contribution in [3.63, 3.8) is 0 Å². The molecule has 0 saturated heterocycles. The topological polar surface area (TPSA) is 114 Å². The van der Waals surface area contributed by atoms with E-state index >= 15 is 0 Å². The molecule has 0 heterocycles. The molecule has 0 N–H and O–H groups in total. The summed E-state index contributed by atoms with van der Waals surface area (Å²) in [5.41, 5.74) is 2.23. The van der Waals surface area contributed by atoms with Crippen molar-refractivity contribution in [1.82, 2.24) is 0 Å². The van der Waals surface area contributed by atoms with Gasteiger partial charge in [-0.1, -0.05) is 24.3 Å². The van der Waals surface area contributed by atoms with Gasteiger partial charge in [-0.25, -0.2) is 14.4 Å². The molecule has 0 fully saturated rings. The molecular weight excluding hydrogens is 576 g/mol. The molecule has 3 aromatic carbocycles. The number of hydrogen-bond donors (Lipinski definition) is 0. The highest BCUT2D eigenvalue weighted by molar-refractivity contribution is 5.92. The van der Waals surface area contributed by atoms with Gasteiger partial charge in [0.25, 0.3) is 0 Å². The van der Waals surface area contributed by atoms with E-state index in [4.69, 9.17) is 23.7 Å². The van der Waals surface area contributed by atoms with E-state index < -0.39 is 17.9 Å². The molecule has 3 rings (SSSR count). The van der Waals surface area contributed by atoms with Crippen molar-refractivity contribution in [2.45, 2.75) is 58.8 Å². The molecule has 0 unspecified atom stereocenters. The van der Waals surface area contributed by atoms with Crippen LogP contribution < -0.4 is 14.2 Å². The summed E-state index contributed by atoms with van der Waals surface area (Å²) in [7, 11) is 0. The van der Waals surface area contributed by atoms with E-state index in [0.717, 1.165) is 31.2 Å². The van der Waals surface area contributed by atoms with Crippen LogP contribution in [-0.2, 0) is 19.1 Å². The van der Waals surface area contributed by atoms with E-state index in [1.54, 1.807) is 67.6 Å². The van der Waals surface area contributed by atoms with E-state index in [2.05, 4.69) is 6.58 Å². The van der Waals surface area contributed by atoms with Gasteiger partial charge in [-0.2, -0.15) is 0 Å². The normalized spacial score (nSPS) is 10.4. The number of carbonyl (C=O) groups excluding carboxylic acids is 4. The summed E-state index contributed by atoms with van der Waals surface area (Å²) >= 11 is 0. The lowest BCUT2D eigenvalue weighted by Crippen LogP contribution is -2.09. The molecule has 0 atom stereocenters. The third-order valence-corrected chi connectivity index (χ3v) is 6.55. The number of rotatable bonds is 18. The Kier molecular flexibility index (Phi) is 14.3. The summed E-state index contributed by atoms with van der Waals surface area (Å²) in [6.45, 7) is 8.22. The molecule has 45 heavy (non-hydrogen) atoms. The molecule has 0 radical (unpaired) electrons. The van der Waals surface area contributed by atoms with Gasteiger partial charge in [0, 0.05) is 12.0 Å². The fourth-order valence-electron chi connectivity index (χ4n) is 3.95. The second-order valence-electron chi connectivity index (χ2n) is 10.5. The minimum atomic E-state index is -0.518. The Morgan fingerprint density at radius 3 is 1.60 bits per heavy atom. The zero-order valence-corrected chi connectivity index (χ0v) is 25.9. The van der Waals surface area contributed by atoms with Crippen molar-refractivity contribution < 1.29 is 42.9 Å². The lowest BCUT2D eigenvalue weighted by atomic mass is 10.1. The molecule has 0 aliphatic rings. The van der Waals surface area contributed by atoms with Crippen LogP contribution in [0.3, 0.4) is 0 Å². The summed E-state index contributed by atoms with van der Waals surface area (Å²) < 4.78 is 26.8. The third kappa shape index (κ3) is 13.1. The molecule has 0 saturated carbocycles. The van der Waals surface area contributed by atoms with Gasteiger partial charge < -0.3 is 23.7 Å². The van der Waals surface area contributed by atoms with Crippen molar-refractivity contribution in [3.05, 3.63) is 102 Å². The first-order valence-corrected chi connectivity index (χ1v) is 15.0. The smallest absolute Gasteiger partial charge is 0.343 e. The van der Waals surface area contributed by atoms with Crippen molar-refractivity contribution in [2.24, 2.45) is 0 Å². The average molecular weight is 617 g/mol. The fraction of sp³-hybridized carbons (Fsp3) is 0.333. The molecule has 238 valence electrons. The number of unbranched alkanes of at least 4 members (excludes halogenated alkanes) is 4. The summed E-state index contributed by atoms with van der Waals surface area (Å²) in [4.78, 5) is 47.9. The Hall–Kier alpha value is -4.92. The van der Waals surface area contributed by atoms with Gasteiger partial charge in [0.05, 0.1) is 30.9 Å². The predicted molar refractivity (Wildman–Crippen MR) is 169 cm³/mol. The van der Waals surface area contributed by atoms with Gasteiger partial charge >= 0.3 is 23.9 Å². The maximum atomic E-state index is 12.6. The van der Waals surface area contributed by atoms with Gasteiger partial charge in [-0.15, -0.1) is 0 Å². The van der Waals surface area contributed by atoms with Crippen LogP contribution in [0, 0.1) is 6.92 Å². The number of ether oxygens (including phenoxy) is 5. The van der Waals surface area contributed by atoms with E-state index in [1.807, 2.05) is 19.1 Å². The summed E-state index contributed by atoms with van der Waals surface area (Å²) in [5, 5.41) is 0. The van der Waals surface area contributed by atoms with Gasteiger partial charge in [0.1, 0.15) is 17.2 Å². The maximum absolute atomic E-state index is 12.6. The van der Waals surface area contributed by atoms with Crippen molar-refractivity contribution in [1.29, 1.82) is 0 Å². The molecule has 9 heteroatoms. The van der Waals surface area contributed by atoms with Gasteiger partial charge in [-0.3, -0.25) is 4.79 Å². The second kappa shape index (κ2) is 18.7.